The van der Waals surface area contributed by atoms with Crippen LogP contribution in [0, 0.1) is 0 Å². The molecule has 4 nitrogen and oxygen atoms in total. The maximum absolute atomic E-state index is 10.3. The number of ether oxygens (including phenoxy) is 2. The monoisotopic (exact) mass is 181 g/mol. The molecule has 0 heterocycles. The largest absolute Gasteiger partial charge is 0.494 e. The van der Waals surface area contributed by atoms with Crippen molar-refractivity contribution >= 4 is 12.1 Å². The number of hydrogen-bond acceptors (Lipinski definition) is 3. The molecule has 0 aliphatic rings. The molecule has 0 unspecified atom stereocenters. The van der Waals surface area contributed by atoms with Gasteiger partial charge in [-0.2, -0.15) is 0 Å². The number of carbonyl (C=O) groups is 1. The van der Waals surface area contributed by atoms with Crippen LogP contribution in [0.15, 0.2) is 18.2 Å². The van der Waals surface area contributed by atoms with Crippen LogP contribution in [0.3, 0.4) is 0 Å². The van der Waals surface area contributed by atoms with Crippen LogP contribution in [0.2, 0.25) is 0 Å². The number of methoxy groups -OCH3 is 2. The molecule has 0 fully saturated rings. The van der Waals surface area contributed by atoms with Gasteiger partial charge < -0.3 is 14.8 Å². The van der Waals surface area contributed by atoms with Crippen LogP contribution in [0.5, 0.6) is 11.5 Å². The van der Waals surface area contributed by atoms with Crippen molar-refractivity contribution in [1.82, 2.24) is 0 Å². The molecule has 1 rings (SSSR count). The first-order chi connectivity index (χ1) is 6.33. The number of amides is 1. The molecule has 1 aromatic rings. The lowest BCUT2D eigenvalue weighted by molar-refractivity contribution is -0.105. The lowest BCUT2D eigenvalue weighted by Crippen LogP contribution is -2.00. The maximum atomic E-state index is 10.3. The summed E-state index contributed by atoms with van der Waals surface area (Å²) < 4.78 is 10.1. The number of carbonyl (C=O) groups excluding carboxylic acids is 1. The van der Waals surface area contributed by atoms with Crippen molar-refractivity contribution in [3.8, 4) is 11.5 Å². The third-order valence-corrected chi connectivity index (χ3v) is 1.63. The minimum Gasteiger partial charge on any atom is -0.494 e. The number of benzene rings is 1. The van der Waals surface area contributed by atoms with Gasteiger partial charge in [0.05, 0.1) is 14.2 Å². The summed E-state index contributed by atoms with van der Waals surface area (Å²) in [6.45, 7) is 0. The van der Waals surface area contributed by atoms with E-state index < -0.39 is 0 Å². The van der Waals surface area contributed by atoms with Gasteiger partial charge in [-0.15, -0.1) is 0 Å². The summed E-state index contributed by atoms with van der Waals surface area (Å²) in [7, 11) is 3.06. The fourth-order valence-electron chi connectivity index (χ4n) is 1.05. The Balaban J connectivity index is 3.12. The molecule has 0 atom stereocenters. The van der Waals surface area contributed by atoms with Crippen molar-refractivity contribution in [2.45, 2.75) is 0 Å². The number of hydrogen-bond donors (Lipinski definition) is 1. The van der Waals surface area contributed by atoms with Gasteiger partial charge in [0, 0.05) is 0 Å². The van der Waals surface area contributed by atoms with E-state index in [9.17, 15) is 4.79 Å². The van der Waals surface area contributed by atoms with Crippen molar-refractivity contribution in [3.63, 3.8) is 0 Å². The van der Waals surface area contributed by atoms with Crippen molar-refractivity contribution in [2.75, 3.05) is 19.5 Å². The molecular formula is C9H11NO3. The second kappa shape index (κ2) is 4.35. The van der Waals surface area contributed by atoms with Gasteiger partial charge in [0.25, 0.3) is 0 Å². The molecule has 0 bridgehead atoms. The Kier molecular flexibility index (Phi) is 3.14. The van der Waals surface area contributed by atoms with E-state index in [1.165, 1.54) is 14.2 Å². The Hall–Kier alpha value is -1.71. The molecule has 0 aliphatic carbocycles. The van der Waals surface area contributed by atoms with Crippen molar-refractivity contribution in [3.05, 3.63) is 18.2 Å². The molecule has 0 radical (unpaired) electrons. The second-order valence-electron chi connectivity index (χ2n) is 2.30. The Bertz CT molecular complexity index is 277. The lowest BCUT2D eigenvalue weighted by Gasteiger charge is -2.10. The van der Waals surface area contributed by atoms with Gasteiger partial charge in [0.2, 0.25) is 6.41 Å². The number of nitrogens with one attached hydrogen (secondary N) is 1. The number of anilines is 1. The van der Waals surface area contributed by atoms with E-state index in [0.717, 1.165) is 0 Å². The van der Waals surface area contributed by atoms with Crippen LogP contribution in [0.1, 0.15) is 0 Å². The van der Waals surface area contributed by atoms with E-state index in [0.29, 0.717) is 23.6 Å². The summed E-state index contributed by atoms with van der Waals surface area (Å²) in [6, 6.07) is 5.27. The Morgan fingerprint density at radius 2 is 1.77 bits per heavy atom. The Morgan fingerprint density at radius 1 is 1.23 bits per heavy atom. The molecule has 1 aromatic carbocycles. The first-order valence-corrected chi connectivity index (χ1v) is 3.74. The van der Waals surface area contributed by atoms with Crippen LogP contribution >= 0.6 is 0 Å². The zero-order valence-corrected chi connectivity index (χ0v) is 7.53. The number of para-hydroxylation sites is 1. The third-order valence-electron chi connectivity index (χ3n) is 1.63. The lowest BCUT2D eigenvalue weighted by atomic mass is 10.2. The highest BCUT2D eigenvalue weighted by Gasteiger charge is 2.07. The van der Waals surface area contributed by atoms with Gasteiger partial charge in [0.1, 0.15) is 17.2 Å². The minimum absolute atomic E-state index is 0.544. The summed E-state index contributed by atoms with van der Waals surface area (Å²) in [6.07, 6.45) is 0.584. The molecule has 1 amide bonds. The quantitative estimate of drug-likeness (QED) is 0.711. The summed E-state index contributed by atoms with van der Waals surface area (Å²) in [5.41, 5.74) is 0.544. The van der Waals surface area contributed by atoms with Gasteiger partial charge in [-0.25, -0.2) is 0 Å². The van der Waals surface area contributed by atoms with Gasteiger partial charge in [-0.05, 0) is 12.1 Å². The molecule has 4 heteroatoms. The molecule has 0 saturated heterocycles. The SMILES string of the molecule is COc1cccc(OC)c1NC=O. The first-order valence-electron chi connectivity index (χ1n) is 3.74. The van der Waals surface area contributed by atoms with Gasteiger partial charge in [-0.3, -0.25) is 4.79 Å². The topological polar surface area (TPSA) is 47.6 Å². The average molecular weight is 181 g/mol. The smallest absolute Gasteiger partial charge is 0.211 e. The highest BCUT2D eigenvalue weighted by Crippen LogP contribution is 2.33. The molecular weight excluding hydrogens is 170 g/mol. The van der Waals surface area contributed by atoms with Crippen molar-refractivity contribution < 1.29 is 14.3 Å². The van der Waals surface area contributed by atoms with Gasteiger partial charge in [0.15, 0.2) is 0 Å². The molecule has 1 N–H and O–H groups in total. The molecule has 0 spiro atoms. The first kappa shape index (κ1) is 9.38. The van der Waals surface area contributed by atoms with Crippen molar-refractivity contribution in [1.29, 1.82) is 0 Å². The van der Waals surface area contributed by atoms with E-state index >= 15 is 0 Å². The van der Waals surface area contributed by atoms with Crippen LogP contribution in [0.25, 0.3) is 0 Å². The molecule has 0 saturated carbocycles. The summed E-state index contributed by atoms with van der Waals surface area (Å²) in [5, 5.41) is 2.52. The molecule has 0 aliphatic heterocycles. The highest BCUT2D eigenvalue weighted by atomic mass is 16.5. The van der Waals surface area contributed by atoms with Crippen LogP contribution in [0.4, 0.5) is 5.69 Å². The van der Waals surface area contributed by atoms with Crippen LogP contribution in [-0.2, 0) is 4.79 Å². The van der Waals surface area contributed by atoms with Gasteiger partial charge >= 0.3 is 0 Å². The zero-order chi connectivity index (χ0) is 9.68. The van der Waals surface area contributed by atoms with Crippen LogP contribution < -0.4 is 14.8 Å². The van der Waals surface area contributed by atoms with E-state index in [1.54, 1.807) is 18.2 Å². The minimum atomic E-state index is 0.544. The zero-order valence-electron chi connectivity index (χ0n) is 7.53. The van der Waals surface area contributed by atoms with E-state index in [2.05, 4.69) is 5.32 Å². The molecule has 0 aromatic heterocycles. The number of rotatable bonds is 4. The Labute approximate surface area is 76.5 Å². The fraction of sp³-hybridized carbons (Fsp3) is 0.222. The Morgan fingerprint density at radius 3 is 2.15 bits per heavy atom. The standard InChI is InChI=1S/C9H11NO3/c1-12-7-4-3-5-8(13-2)9(7)10-6-11/h3-6H,1-2H3,(H,10,11). The van der Waals surface area contributed by atoms with E-state index in [4.69, 9.17) is 9.47 Å². The predicted molar refractivity (Wildman–Crippen MR) is 49.2 cm³/mol. The maximum Gasteiger partial charge on any atom is 0.211 e. The fourth-order valence-corrected chi connectivity index (χ4v) is 1.05. The highest BCUT2D eigenvalue weighted by molar-refractivity contribution is 5.80. The summed E-state index contributed by atoms with van der Waals surface area (Å²) in [5.74, 6) is 1.15. The third kappa shape index (κ3) is 1.90. The molecule has 70 valence electrons. The van der Waals surface area contributed by atoms with Crippen LogP contribution in [-0.4, -0.2) is 20.6 Å². The summed E-state index contributed by atoms with van der Waals surface area (Å²) >= 11 is 0. The summed E-state index contributed by atoms with van der Waals surface area (Å²) in [4.78, 5) is 10.3. The average Bonchev–Trinajstić information content (AvgIpc) is 2.18. The second-order valence-corrected chi connectivity index (χ2v) is 2.30. The van der Waals surface area contributed by atoms with E-state index in [-0.39, 0.29) is 0 Å². The normalized spacial score (nSPS) is 9.08. The van der Waals surface area contributed by atoms with Gasteiger partial charge in [-0.1, -0.05) is 6.07 Å². The van der Waals surface area contributed by atoms with E-state index in [1.807, 2.05) is 0 Å². The van der Waals surface area contributed by atoms with Crippen molar-refractivity contribution in [2.24, 2.45) is 0 Å². The molecule has 13 heavy (non-hydrogen) atoms. The predicted octanol–water partition coefficient (Wildman–Crippen LogP) is 1.27.